The predicted molar refractivity (Wildman–Crippen MR) is 71.7 cm³/mol. The molecule has 0 radical (unpaired) electrons. The molecule has 1 heterocycles. The van der Waals surface area contributed by atoms with E-state index in [4.69, 9.17) is 14.8 Å². The van der Waals surface area contributed by atoms with Gasteiger partial charge in [-0.3, -0.25) is 0 Å². The molecular weight excluding hydrogens is 241 g/mol. The van der Waals surface area contributed by atoms with E-state index in [9.17, 15) is 0 Å². The van der Waals surface area contributed by atoms with Crippen LogP contribution in [0.5, 0.6) is 0 Å². The van der Waals surface area contributed by atoms with E-state index in [2.05, 4.69) is 37.7 Å². The van der Waals surface area contributed by atoms with Gasteiger partial charge in [0.25, 0.3) is 0 Å². The molecule has 3 aliphatic carbocycles. The van der Waals surface area contributed by atoms with E-state index in [0.29, 0.717) is 17.9 Å². The first-order chi connectivity index (χ1) is 8.89. The van der Waals surface area contributed by atoms with E-state index in [1.54, 1.807) is 0 Å². The summed E-state index contributed by atoms with van der Waals surface area (Å²) in [7, 11) is -0.198. The standard InChI is InChI=1S/C13H23BN3O2/c1-8(7-16-17-15)14-18-11-6-9-5-10(12(9,2)3)13(11,4)19-14/h8-11,15H,5-7H2,1-4H3/q+1/t8-,9?,10?,11?,13+/m0/s1. The maximum atomic E-state index is 6.73. The normalized spacial score (nSPS) is 44.0. The second kappa shape index (κ2) is 4.14. The zero-order valence-electron chi connectivity index (χ0n) is 12.2. The fourth-order valence-corrected chi connectivity index (χ4v) is 4.40. The Hall–Kier alpha value is -0.705. The van der Waals surface area contributed by atoms with Crippen LogP contribution in [0.1, 0.15) is 40.5 Å². The van der Waals surface area contributed by atoms with E-state index in [-0.39, 0.29) is 24.6 Å². The molecule has 0 aromatic carbocycles. The van der Waals surface area contributed by atoms with Crippen molar-refractivity contribution < 1.29 is 9.31 Å². The van der Waals surface area contributed by atoms with E-state index < -0.39 is 0 Å². The van der Waals surface area contributed by atoms with Crippen LogP contribution >= 0.6 is 0 Å². The van der Waals surface area contributed by atoms with E-state index >= 15 is 0 Å². The van der Waals surface area contributed by atoms with Crippen molar-refractivity contribution in [3.8, 4) is 0 Å². The lowest BCUT2D eigenvalue weighted by atomic mass is 9.43. The molecule has 5 atom stereocenters. The fraction of sp³-hybridized carbons (Fsp3) is 1.00. The highest BCUT2D eigenvalue weighted by atomic mass is 16.7. The monoisotopic (exact) mass is 264 g/mol. The zero-order chi connectivity index (χ0) is 13.8. The molecule has 5 nitrogen and oxygen atoms in total. The smallest absolute Gasteiger partial charge is 0.405 e. The number of rotatable bonds is 3. The lowest BCUT2D eigenvalue weighted by Crippen LogP contribution is -2.65. The van der Waals surface area contributed by atoms with Crippen molar-refractivity contribution in [2.24, 2.45) is 22.4 Å². The molecule has 3 unspecified atom stereocenters. The summed E-state index contributed by atoms with van der Waals surface area (Å²) in [6, 6.07) is 0. The second-order valence-corrected chi connectivity index (χ2v) is 7.24. The van der Waals surface area contributed by atoms with Gasteiger partial charge in [-0.25, -0.2) is 0 Å². The van der Waals surface area contributed by atoms with E-state index in [1.165, 1.54) is 6.42 Å². The van der Waals surface area contributed by atoms with Crippen LogP contribution in [-0.2, 0) is 9.31 Å². The van der Waals surface area contributed by atoms with Gasteiger partial charge in [0, 0.05) is 5.82 Å². The minimum Gasteiger partial charge on any atom is -0.405 e. The van der Waals surface area contributed by atoms with E-state index in [1.807, 2.05) is 0 Å². The Balaban J connectivity index is 1.75. The van der Waals surface area contributed by atoms with Crippen LogP contribution in [0.4, 0.5) is 0 Å². The molecule has 3 saturated carbocycles. The minimum absolute atomic E-state index is 0.144. The molecule has 2 bridgehead atoms. The summed E-state index contributed by atoms with van der Waals surface area (Å²) >= 11 is 0. The second-order valence-electron chi connectivity index (χ2n) is 7.24. The number of hydrogen-bond donors (Lipinski definition) is 1. The number of nitrogens with zero attached hydrogens (tertiary/aromatic N) is 2. The lowest BCUT2D eigenvalue weighted by Gasteiger charge is -2.64. The third-order valence-electron chi connectivity index (χ3n) is 5.87. The third kappa shape index (κ3) is 1.73. The highest BCUT2D eigenvalue weighted by molar-refractivity contribution is 6.47. The van der Waals surface area contributed by atoms with Crippen LogP contribution in [0.2, 0.25) is 5.82 Å². The van der Waals surface area contributed by atoms with Crippen molar-refractivity contribution in [1.29, 1.82) is 5.53 Å². The van der Waals surface area contributed by atoms with Gasteiger partial charge in [-0.2, -0.15) is 0 Å². The molecule has 104 valence electrons. The minimum atomic E-state index is -0.198. The molecule has 1 N–H and O–H groups in total. The van der Waals surface area contributed by atoms with Gasteiger partial charge in [0.15, 0.2) is 0 Å². The maximum absolute atomic E-state index is 6.73. The topological polar surface area (TPSA) is 68.8 Å². The molecule has 1 aliphatic heterocycles. The molecular formula is C13H23BN3O2+. The molecule has 6 heteroatoms. The maximum Gasteiger partial charge on any atom is 0.462 e. The van der Waals surface area contributed by atoms with Gasteiger partial charge in [-0.15, -0.1) is 0 Å². The number of nitrogens with one attached hydrogen (secondary N) is 1. The quantitative estimate of drug-likeness (QED) is 0.483. The molecule has 4 fully saturated rings. The summed E-state index contributed by atoms with van der Waals surface area (Å²) in [4.78, 5) is 3.07. The SMILES string of the molecule is C[C@@H](CN=[N+]=N)B1OC2CC3CC(C3(C)C)[C@@]2(C)O1. The van der Waals surface area contributed by atoms with Gasteiger partial charge in [0.05, 0.1) is 11.7 Å². The molecule has 4 aliphatic rings. The van der Waals surface area contributed by atoms with Gasteiger partial charge in [0.2, 0.25) is 4.91 Å². The average molecular weight is 264 g/mol. The van der Waals surface area contributed by atoms with Gasteiger partial charge < -0.3 is 9.31 Å². The first kappa shape index (κ1) is 13.3. The van der Waals surface area contributed by atoms with Crippen LogP contribution in [-0.4, -0.2) is 25.4 Å². The third-order valence-corrected chi connectivity index (χ3v) is 5.87. The largest absolute Gasteiger partial charge is 0.462 e. The van der Waals surface area contributed by atoms with Crippen molar-refractivity contribution in [2.75, 3.05) is 6.54 Å². The van der Waals surface area contributed by atoms with Crippen molar-refractivity contribution in [2.45, 2.75) is 58.1 Å². The van der Waals surface area contributed by atoms with Crippen molar-refractivity contribution in [3.05, 3.63) is 0 Å². The molecule has 4 rings (SSSR count). The molecule has 0 aromatic heterocycles. The first-order valence-corrected chi connectivity index (χ1v) is 7.26. The summed E-state index contributed by atoms with van der Waals surface area (Å²) in [5.41, 5.74) is 6.97. The summed E-state index contributed by atoms with van der Waals surface area (Å²) in [6.45, 7) is 9.49. The van der Waals surface area contributed by atoms with Crippen LogP contribution < -0.4 is 4.91 Å². The van der Waals surface area contributed by atoms with Gasteiger partial charge in [-0.1, -0.05) is 20.8 Å². The highest BCUT2D eigenvalue weighted by Crippen LogP contribution is 2.66. The summed E-state index contributed by atoms with van der Waals surface area (Å²) in [5, 5.41) is 3.75. The highest BCUT2D eigenvalue weighted by Gasteiger charge is 2.68. The Morgan fingerprint density at radius 2 is 2.16 bits per heavy atom. The van der Waals surface area contributed by atoms with Crippen LogP contribution in [0.15, 0.2) is 5.11 Å². The van der Waals surface area contributed by atoms with Crippen LogP contribution in [0.3, 0.4) is 0 Å². The Labute approximate surface area is 114 Å². The van der Waals surface area contributed by atoms with Crippen molar-refractivity contribution in [1.82, 2.24) is 4.91 Å². The summed E-state index contributed by atoms with van der Waals surface area (Å²) in [5.74, 6) is 1.52. The molecule has 0 spiro atoms. The van der Waals surface area contributed by atoms with Crippen molar-refractivity contribution in [3.63, 3.8) is 0 Å². The van der Waals surface area contributed by atoms with Gasteiger partial charge >= 0.3 is 7.12 Å². The average Bonchev–Trinajstić information content (AvgIpc) is 2.72. The lowest BCUT2D eigenvalue weighted by molar-refractivity contribution is -0.199. The number of hydrogen-bond acceptors (Lipinski definition) is 4. The Morgan fingerprint density at radius 3 is 2.79 bits per heavy atom. The Kier molecular flexibility index (Phi) is 2.90. The van der Waals surface area contributed by atoms with Gasteiger partial charge in [-0.05, 0) is 37.0 Å². The Morgan fingerprint density at radius 1 is 1.42 bits per heavy atom. The summed E-state index contributed by atoms with van der Waals surface area (Å²) < 4.78 is 12.4. The molecule has 0 aromatic rings. The molecule has 19 heavy (non-hydrogen) atoms. The van der Waals surface area contributed by atoms with Crippen molar-refractivity contribution >= 4 is 7.12 Å². The van der Waals surface area contributed by atoms with Gasteiger partial charge in [0.1, 0.15) is 17.2 Å². The molecule has 1 saturated heterocycles. The summed E-state index contributed by atoms with van der Waals surface area (Å²) in [6.07, 6.45) is 2.62. The predicted octanol–water partition coefficient (Wildman–Crippen LogP) is 2.66. The first-order valence-electron chi connectivity index (χ1n) is 7.26. The Bertz CT molecular complexity index is 438. The van der Waals surface area contributed by atoms with Crippen LogP contribution in [0.25, 0.3) is 0 Å². The fourth-order valence-electron chi connectivity index (χ4n) is 4.40. The van der Waals surface area contributed by atoms with E-state index in [0.717, 1.165) is 12.3 Å². The van der Waals surface area contributed by atoms with Crippen LogP contribution in [0, 0.1) is 22.8 Å². The molecule has 0 amide bonds. The zero-order valence-corrected chi connectivity index (χ0v) is 12.2.